The molecule has 2 heterocycles. The Morgan fingerprint density at radius 1 is 0.833 bits per heavy atom. The van der Waals surface area contributed by atoms with Crippen LogP contribution in [-0.4, -0.2) is 66.1 Å². The van der Waals surface area contributed by atoms with Crippen LogP contribution in [0, 0.1) is 0 Å². The highest BCUT2D eigenvalue weighted by Gasteiger charge is 2.21. The molecule has 0 saturated carbocycles. The van der Waals surface area contributed by atoms with E-state index in [4.69, 9.17) is 0 Å². The van der Waals surface area contributed by atoms with Crippen LogP contribution >= 0.6 is 0 Å². The minimum atomic E-state index is 0.382. The second-order valence-corrected chi connectivity index (χ2v) is 7.97. The number of anilines is 1. The van der Waals surface area contributed by atoms with E-state index in [-0.39, 0.29) is 0 Å². The normalized spacial score (nSPS) is 16.0. The van der Waals surface area contributed by atoms with Gasteiger partial charge in [0.15, 0.2) is 0 Å². The van der Waals surface area contributed by atoms with Gasteiger partial charge in [0.1, 0.15) is 0 Å². The van der Waals surface area contributed by atoms with Crippen LogP contribution in [0.25, 0.3) is 0 Å². The lowest BCUT2D eigenvalue weighted by molar-refractivity contribution is 0.182. The Balaban J connectivity index is 1.33. The van der Waals surface area contributed by atoms with Gasteiger partial charge >= 0.3 is 0 Å². The van der Waals surface area contributed by atoms with Gasteiger partial charge in [-0.25, -0.2) is 9.97 Å². The SMILES string of the molecule is CN(CCN1CCN(c2ncccn2)CC1)C(Cc1ccccc1)c1ccccc1. The number of likely N-dealkylation sites (N-methyl/N-ethyl adjacent to an activating group) is 1. The number of aromatic nitrogens is 2. The average molecular weight is 402 g/mol. The molecule has 1 aromatic heterocycles. The highest BCUT2D eigenvalue weighted by molar-refractivity contribution is 5.29. The summed E-state index contributed by atoms with van der Waals surface area (Å²) < 4.78 is 0. The molecule has 0 bridgehead atoms. The Morgan fingerprint density at radius 3 is 2.13 bits per heavy atom. The summed E-state index contributed by atoms with van der Waals surface area (Å²) in [6.07, 6.45) is 4.67. The van der Waals surface area contributed by atoms with Crippen LogP contribution in [0.15, 0.2) is 79.1 Å². The van der Waals surface area contributed by atoms with Gasteiger partial charge in [0.2, 0.25) is 5.95 Å². The number of piperazine rings is 1. The van der Waals surface area contributed by atoms with E-state index in [1.165, 1.54) is 11.1 Å². The Labute approximate surface area is 180 Å². The minimum Gasteiger partial charge on any atom is -0.338 e. The van der Waals surface area contributed by atoms with Crippen molar-refractivity contribution in [3.63, 3.8) is 0 Å². The lowest BCUT2D eigenvalue weighted by Crippen LogP contribution is -2.49. The summed E-state index contributed by atoms with van der Waals surface area (Å²) in [6.45, 7) is 6.22. The largest absolute Gasteiger partial charge is 0.338 e. The second kappa shape index (κ2) is 10.3. The molecule has 1 aliphatic heterocycles. The molecule has 0 spiro atoms. The van der Waals surface area contributed by atoms with Crippen molar-refractivity contribution in [1.29, 1.82) is 0 Å². The highest BCUT2D eigenvalue weighted by Crippen LogP contribution is 2.24. The number of rotatable bonds is 8. The number of benzene rings is 2. The number of hydrogen-bond acceptors (Lipinski definition) is 5. The molecular weight excluding hydrogens is 370 g/mol. The molecule has 0 amide bonds. The lowest BCUT2D eigenvalue weighted by atomic mass is 9.97. The van der Waals surface area contributed by atoms with Gasteiger partial charge in [-0.2, -0.15) is 0 Å². The zero-order chi connectivity index (χ0) is 20.6. The molecule has 2 aromatic carbocycles. The van der Waals surface area contributed by atoms with Crippen LogP contribution in [0.2, 0.25) is 0 Å². The summed E-state index contributed by atoms with van der Waals surface area (Å²) in [6, 6.07) is 24.0. The molecule has 0 aliphatic carbocycles. The van der Waals surface area contributed by atoms with Gasteiger partial charge in [0, 0.05) is 57.7 Å². The number of nitrogens with zero attached hydrogens (tertiary/aromatic N) is 5. The van der Waals surface area contributed by atoms with E-state index in [1.807, 2.05) is 18.5 Å². The maximum Gasteiger partial charge on any atom is 0.225 e. The zero-order valence-electron chi connectivity index (χ0n) is 17.8. The Morgan fingerprint density at radius 2 is 1.47 bits per heavy atom. The minimum absolute atomic E-state index is 0.382. The molecule has 1 saturated heterocycles. The molecule has 1 fully saturated rings. The Bertz CT molecular complexity index is 864. The van der Waals surface area contributed by atoms with E-state index in [0.717, 1.165) is 51.6 Å². The van der Waals surface area contributed by atoms with Crippen LogP contribution < -0.4 is 4.90 Å². The first-order chi connectivity index (χ1) is 14.8. The van der Waals surface area contributed by atoms with E-state index in [0.29, 0.717) is 6.04 Å². The Kier molecular flexibility index (Phi) is 7.06. The van der Waals surface area contributed by atoms with Crippen LogP contribution in [0.4, 0.5) is 5.95 Å². The maximum absolute atomic E-state index is 4.39. The van der Waals surface area contributed by atoms with E-state index < -0.39 is 0 Å². The molecule has 5 nitrogen and oxygen atoms in total. The van der Waals surface area contributed by atoms with E-state index in [1.54, 1.807) is 0 Å². The summed E-state index contributed by atoms with van der Waals surface area (Å²) in [7, 11) is 2.26. The maximum atomic E-state index is 4.39. The molecule has 156 valence electrons. The van der Waals surface area contributed by atoms with Crippen molar-refractivity contribution < 1.29 is 0 Å². The van der Waals surface area contributed by atoms with Gasteiger partial charge < -0.3 is 4.90 Å². The molecule has 3 aromatic rings. The van der Waals surface area contributed by atoms with Crippen LogP contribution in [0.5, 0.6) is 0 Å². The third-order valence-electron chi connectivity index (χ3n) is 5.96. The monoisotopic (exact) mass is 401 g/mol. The summed E-state index contributed by atoms with van der Waals surface area (Å²) in [5, 5.41) is 0. The lowest BCUT2D eigenvalue weighted by Gasteiger charge is -2.36. The summed E-state index contributed by atoms with van der Waals surface area (Å²) in [5.74, 6) is 0.848. The molecule has 0 N–H and O–H groups in total. The predicted octanol–water partition coefficient (Wildman–Crippen LogP) is 3.51. The first-order valence-electron chi connectivity index (χ1n) is 10.8. The topological polar surface area (TPSA) is 35.5 Å². The van der Waals surface area contributed by atoms with Gasteiger partial charge in [-0.05, 0) is 30.7 Å². The first kappa shape index (κ1) is 20.5. The molecular formula is C25H31N5. The summed E-state index contributed by atoms with van der Waals surface area (Å²) in [5.41, 5.74) is 2.77. The smallest absolute Gasteiger partial charge is 0.225 e. The first-order valence-corrected chi connectivity index (χ1v) is 10.8. The van der Waals surface area contributed by atoms with Crippen molar-refractivity contribution in [3.8, 4) is 0 Å². The molecule has 4 rings (SSSR count). The van der Waals surface area contributed by atoms with Gasteiger partial charge in [0.25, 0.3) is 0 Å². The number of hydrogen-bond donors (Lipinski definition) is 0. The van der Waals surface area contributed by atoms with E-state index in [9.17, 15) is 0 Å². The van der Waals surface area contributed by atoms with Crippen LogP contribution in [-0.2, 0) is 6.42 Å². The van der Waals surface area contributed by atoms with E-state index in [2.05, 4.69) is 92.4 Å². The standard InChI is InChI=1S/C25H31N5/c1-28(15-16-29-17-19-30(20-18-29)25-26-13-8-14-27-25)24(23-11-6-3-7-12-23)21-22-9-4-2-5-10-22/h2-14,24H,15-21H2,1H3. The molecule has 30 heavy (non-hydrogen) atoms. The van der Waals surface area contributed by atoms with Crippen molar-refractivity contribution in [1.82, 2.24) is 19.8 Å². The average Bonchev–Trinajstić information content (AvgIpc) is 2.83. The van der Waals surface area contributed by atoms with Gasteiger partial charge in [-0.3, -0.25) is 9.80 Å². The van der Waals surface area contributed by atoms with Crippen LogP contribution in [0.1, 0.15) is 17.2 Å². The second-order valence-electron chi connectivity index (χ2n) is 7.97. The summed E-state index contributed by atoms with van der Waals surface area (Å²) in [4.78, 5) is 16.1. The van der Waals surface area contributed by atoms with Gasteiger partial charge in [-0.15, -0.1) is 0 Å². The molecule has 1 aliphatic rings. The fraction of sp³-hybridized carbons (Fsp3) is 0.360. The van der Waals surface area contributed by atoms with Crippen LogP contribution in [0.3, 0.4) is 0 Å². The van der Waals surface area contributed by atoms with Gasteiger partial charge in [-0.1, -0.05) is 60.7 Å². The quantitative estimate of drug-likeness (QED) is 0.577. The van der Waals surface area contributed by atoms with Crippen molar-refractivity contribution in [2.45, 2.75) is 12.5 Å². The highest BCUT2D eigenvalue weighted by atomic mass is 15.3. The van der Waals surface area contributed by atoms with E-state index >= 15 is 0 Å². The zero-order valence-corrected chi connectivity index (χ0v) is 17.8. The van der Waals surface area contributed by atoms with Gasteiger partial charge in [0.05, 0.1) is 0 Å². The summed E-state index contributed by atoms with van der Waals surface area (Å²) >= 11 is 0. The fourth-order valence-corrected chi connectivity index (χ4v) is 4.12. The third-order valence-corrected chi connectivity index (χ3v) is 5.96. The third kappa shape index (κ3) is 5.43. The van der Waals surface area contributed by atoms with Crippen molar-refractivity contribution in [3.05, 3.63) is 90.3 Å². The molecule has 0 radical (unpaired) electrons. The molecule has 5 heteroatoms. The van der Waals surface area contributed by atoms with Crippen molar-refractivity contribution in [2.75, 3.05) is 51.2 Å². The Hall–Kier alpha value is -2.76. The van der Waals surface area contributed by atoms with Crippen molar-refractivity contribution >= 4 is 5.95 Å². The molecule has 1 unspecified atom stereocenters. The van der Waals surface area contributed by atoms with Crippen molar-refractivity contribution in [2.24, 2.45) is 0 Å². The molecule has 1 atom stereocenters. The predicted molar refractivity (Wildman–Crippen MR) is 123 cm³/mol. The fourth-order valence-electron chi connectivity index (χ4n) is 4.12.